The van der Waals surface area contributed by atoms with Crippen LogP contribution in [0.15, 0.2) is 47.6 Å². The number of carbonyl (C=O) groups is 1. The van der Waals surface area contributed by atoms with Gasteiger partial charge >= 0.3 is 0 Å². The van der Waals surface area contributed by atoms with E-state index in [0.29, 0.717) is 41.8 Å². The summed E-state index contributed by atoms with van der Waals surface area (Å²) in [6.07, 6.45) is 26.0. The van der Waals surface area contributed by atoms with Crippen molar-refractivity contribution in [3.05, 3.63) is 47.6 Å². The molecule has 0 radical (unpaired) electrons. The van der Waals surface area contributed by atoms with Crippen LogP contribution in [0, 0.1) is 28.6 Å². The summed E-state index contributed by atoms with van der Waals surface area (Å²) in [5, 5.41) is 20.4. The average Bonchev–Trinajstić information content (AvgIpc) is 3.68. The third-order valence-corrected chi connectivity index (χ3v) is 11.7. The summed E-state index contributed by atoms with van der Waals surface area (Å²) in [5.41, 5.74) is 3.55. The molecule has 0 spiro atoms. The minimum Gasteiger partial charge on any atom is -0.393 e. The van der Waals surface area contributed by atoms with Gasteiger partial charge in [0.25, 0.3) is 0 Å². The SMILES string of the molecule is C=C1/C(=C\C=C2/CCC[C@]3(C)[C@@H]([C@H](C)/C=C/[C@H](CCC4(C(=O)CCCCCCC)CC4)OC)CC[C@@H]23)C[C@@H](O)C[C@@H]1O. The standard InChI is InChI=1S/C38H60O4/c1-6-7-8-9-10-13-36(41)38(23-24-38)22-20-32(42-5)17-14-27(2)33-18-19-34-29(12-11-21-37(33,34)4)15-16-30-25-31(39)26-35(40)28(30)3/h14-17,27,31-35,39-40H,3,6-13,18-26H2,1-2,4-5H3/b17-14+,29-15+,30-16-/t27-,31-,32-,33-,34+,35+,37-/m1/s1. The third-order valence-electron chi connectivity index (χ3n) is 11.7. The van der Waals surface area contributed by atoms with E-state index < -0.39 is 12.2 Å². The highest BCUT2D eigenvalue weighted by molar-refractivity contribution is 5.87. The molecule has 4 aliphatic rings. The number of fused-ring (bicyclic) bond motifs is 1. The van der Waals surface area contributed by atoms with Gasteiger partial charge in [0.05, 0.1) is 18.3 Å². The third kappa shape index (κ3) is 7.96. The lowest BCUT2D eigenvalue weighted by Crippen LogP contribution is -2.35. The van der Waals surface area contributed by atoms with Gasteiger partial charge in [-0.3, -0.25) is 4.79 Å². The van der Waals surface area contributed by atoms with Crippen molar-refractivity contribution in [1.29, 1.82) is 0 Å². The van der Waals surface area contributed by atoms with Crippen LogP contribution in [0.3, 0.4) is 0 Å². The van der Waals surface area contributed by atoms with E-state index in [1.807, 2.05) is 7.11 Å². The second-order valence-corrected chi connectivity index (χ2v) is 14.6. The van der Waals surface area contributed by atoms with Gasteiger partial charge in [-0.25, -0.2) is 0 Å². The second kappa shape index (κ2) is 15.0. The van der Waals surface area contributed by atoms with Crippen LogP contribution in [0.2, 0.25) is 0 Å². The monoisotopic (exact) mass is 580 g/mol. The van der Waals surface area contributed by atoms with Crippen LogP contribution in [0.1, 0.15) is 130 Å². The summed E-state index contributed by atoms with van der Waals surface area (Å²) in [5.74, 6) is 2.23. The first-order valence-electron chi connectivity index (χ1n) is 17.3. The average molecular weight is 581 g/mol. The van der Waals surface area contributed by atoms with E-state index in [0.717, 1.165) is 56.1 Å². The maximum absolute atomic E-state index is 13.0. The maximum atomic E-state index is 13.0. The van der Waals surface area contributed by atoms with Gasteiger partial charge in [-0.1, -0.05) is 82.9 Å². The Bertz CT molecular complexity index is 1020. The summed E-state index contributed by atoms with van der Waals surface area (Å²) < 4.78 is 5.90. The number of carbonyl (C=O) groups excluding carboxylic acids is 1. The van der Waals surface area contributed by atoms with E-state index in [2.05, 4.69) is 51.7 Å². The maximum Gasteiger partial charge on any atom is 0.139 e. The first-order valence-corrected chi connectivity index (χ1v) is 17.3. The van der Waals surface area contributed by atoms with Gasteiger partial charge in [0, 0.05) is 25.4 Å². The lowest BCUT2D eigenvalue weighted by Gasteiger charge is -2.44. The molecule has 0 bridgehead atoms. The van der Waals surface area contributed by atoms with Crippen molar-refractivity contribution in [3.8, 4) is 0 Å². The number of hydrogen-bond acceptors (Lipinski definition) is 4. The normalized spacial score (nSPS) is 34.2. The van der Waals surface area contributed by atoms with Gasteiger partial charge in [-0.15, -0.1) is 0 Å². The molecular weight excluding hydrogens is 520 g/mol. The van der Waals surface area contributed by atoms with Crippen LogP contribution < -0.4 is 0 Å². The van der Waals surface area contributed by atoms with Crippen molar-refractivity contribution in [3.63, 3.8) is 0 Å². The van der Waals surface area contributed by atoms with Gasteiger partial charge in [0.15, 0.2) is 0 Å². The molecule has 2 N–H and O–H groups in total. The number of ketones is 1. The number of allylic oxidation sites excluding steroid dienone is 4. The van der Waals surface area contributed by atoms with Crippen LogP contribution >= 0.6 is 0 Å². The minimum atomic E-state index is -0.634. The fourth-order valence-electron chi connectivity index (χ4n) is 8.73. The van der Waals surface area contributed by atoms with Crippen molar-refractivity contribution in [1.82, 2.24) is 0 Å². The number of unbranched alkanes of at least 4 members (excludes halogenated alkanes) is 4. The van der Waals surface area contributed by atoms with Crippen LogP contribution in [0.25, 0.3) is 0 Å². The highest BCUT2D eigenvalue weighted by Gasteiger charge is 2.50. The van der Waals surface area contributed by atoms with E-state index in [1.165, 1.54) is 56.9 Å². The number of hydrogen-bond donors (Lipinski definition) is 2. The largest absolute Gasteiger partial charge is 0.393 e. The predicted molar refractivity (Wildman–Crippen MR) is 173 cm³/mol. The number of aliphatic hydroxyl groups is 2. The molecule has 0 aromatic carbocycles. The predicted octanol–water partition coefficient (Wildman–Crippen LogP) is 8.82. The van der Waals surface area contributed by atoms with Crippen LogP contribution in [-0.2, 0) is 9.53 Å². The molecule has 0 aromatic heterocycles. The summed E-state index contributed by atoms with van der Waals surface area (Å²) in [6.45, 7) is 11.2. The number of ether oxygens (including phenoxy) is 1. The molecule has 0 aliphatic heterocycles. The van der Waals surface area contributed by atoms with Gasteiger partial charge in [-0.05, 0) is 105 Å². The van der Waals surface area contributed by atoms with Crippen LogP contribution in [-0.4, -0.2) is 41.4 Å². The van der Waals surface area contributed by atoms with Crippen molar-refractivity contribution in [2.75, 3.05) is 7.11 Å². The lowest BCUT2D eigenvalue weighted by atomic mass is 9.61. The molecule has 7 atom stereocenters. The quantitative estimate of drug-likeness (QED) is 0.150. The summed E-state index contributed by atoms with van der Waals surface area (Å²) >= 11 is 0. The van der Waals surface area contributed by atoms with Gasteiger partial charge in [-0.2, -0.15) is 0 Å². The van der Waals surface area contributed by atoms with E-state index >= 15 is 0 Å². The van der Waals surface area contributed by atoms with E-state index in [1.54, 1.807) is 0 Å². The number of rotatable bonds is 15. The fourth-order valence-corrected chi connectivity index (χ4v) is 8.73. The highest BCUT2D eigenvalue weighted by Crippen LogP contribution is 2.59. The Morgan fingerprint density at radius 1 is 1.10 bits per heavy atom. The van der Waals surface area contributed by atoms with Crippen molar-refractivity contribution in [2.45, 2.75) is 148 Å². The smallest absolute Gasteiger partial charge is 0.139 e. The molecule has 4 nitrogen and oxygen atoms in total. The molecule has 42 heavy (non-hydrogen) atoms. The Balaban J connectivity index is 1.32. The zero-order valence-corrected chi connectivity index (χ0v) is 27.2. The zero-order valence-electron chi connectivity index (χ0n) is 27.2. The minimum absolute atomic E-state index is 0.0482. The molecule has 0 unspecified atom stereocenters. The fraction of sp³-hybridized carbons (Fsp3) is 0.763. The van der Waals surface area contributed by atoms with Crippen molar-refractivity contribution in [2.24, 2.45) is 28.6 Å². The first kappa shape index (κ1) is 33.4. The van der Waals surface area contributed by atoms with Gasteiger partial charge < -0.3 is 14.9 Å². The van der Waals surface area contributed by atoms with Gasteiger partial charge in [0.1, 0.15) is 5.78 Å². The summed E-state index contributed by atoms with van der Waals surface area (Å²) in [7, 11) is 1.81. The molecule has 0 saturated heterocycles. The Hall–Kier alpha value is -1.49. The number of aliphatic hydroxyl groups excluding tert-OH is 2. The van der Waals surface area contributed by atoms with Gasteiger partial charge in [0.2, 0.25) is 0 Å². The molecule has 4 rings (SSSR count). The molecule has 0 heterocycles. The van der Waals surface area contributed by atoms with Crippen molar-refractivity contribution >= 4 is 5.78 Å². The molecule has 4 aliphatic carbocycles. The van der Waals surface area contributed by atoms with Crippen molar-refractivity contribution < 1.29 is 19.7 Å². The lowest BCUT2D eigenvalue weighted by molar-refractivity contribution is -0.124. The molecule has 0 amide bonds. The Morgan fingerprint density at radius 2 is 1.86 bits per heavy atom. The van der Waals surface area contributed by atoms with Crippen LogP contribution in [0.4, 0.5) is 0 Å². The van der Waals surface area contributed by atoms with E-state index in [4.69, 9.17) is 4.74 Å². The Kier molecular flexibility index (Phi) is 11.9. The van der Waals surface area contributed by atoms with E-state index in [-0.39, 0.29) is 11.5 Å². The molecule has 4 fully saturated rings. The number of Topliss-reactive ketones (excluding diaryl/α,β-unsaturated/α-hetero) is 1. The first-order chi connectivity index (χ1) is 20.1. The molecule has 4 saturated carbocycles. The number of methoxy groups -OCH3 is 1. The Labute approximate surface area is 256 Å². The van der Waals surface area contributed by atoms with E-state index in [9.17, 15) is 15.0 Å². The van der Waals surface area contributed by atoms with Crippen LogP contribution in [0.5, 0.6) is 0 Å². The molecule has 4 heteroatoms. The summed E-state index contributed by atoms with van der Waals surface area (Å²) in [6, 6.07) is 0. The molecular formula is C38H60O4. The second-order valence-electron chi connectivity index (χ2n) is 14.6. The molecule has 0 aromatic rings. The highest BCUT2D eigenvalue weighted by atomic mass is 16.5. The topological polar surface area (TPSA) is 66.8 Å². The zero-order chi connectivity index (χ0) is 30.3. The molecule has 236 valence electrons. The Morgan fingerprint density at radius 3 is 2.57 bits per heavy atom. The summed E-state index contributed by atoms with van der Waals surface area (Å²) in [4.78, 5) is 13.0.